The molecule has 11 heteroatoms. The molecule has 0 unspecified atom stereocenters. The summed E-state index contributed by atoms with van der Waals surface area (Å²) in [5.74, 6) is 1.97. The summed E-state index contributed by atoms with van der Waals surface area (Å²) in [6.45, 7) is 5.90. The highest BCUT2D eigenvalue weighted by Gasteiger charge is 2.19. The van der Waals surface area contributed by atoms with Crippen molar-refractivity contribution in [3.05, 3.63) is 65.5 Å². The molecule has 1 aliphatic rings. The number of carbonyl (C=O) groups excluding carboxylic acids is 1. The van der Waals surface area contributed by atoms with Crippen molar-refractivity contribution < 1.29 is 19.0 Å². The fourth-order valence-corrected chi connectivity index (χ4v) is 5.02. The lowest BCUT2D eigenvalue weighted by atomic mass is 9.98. The quantitative estimate of drug-likeness (QED) is 0.236. The van der Waals surface area contributed by atoms with Gasteiger partial charge in [0, 0.05) is 31.2 Å². The van der Waals surface area contributed by atoms with Crippen LogP contribution in [0.25, 0.3) is 5.52 Å². The lowest BCUT2D eigenvalue weighted by Gasteiger charge is -2.30. The van der Waals surface area contributed by atoms with Crippen molar-refractivity contribution in [2.24, 2.45) is 5.92 Å². The van der Waals surface area contributed by atoms with E-state index in [4.69, 9.17) is 4.74 Å². The molecule has 0 spiro atoms. The average Bonchev–Trinajstić information content (AvgIpc) is 3.50. The number of hydrogen-bond acceptors (Lipinski definition) is 8. The van der Waals surface area contributed by atoms with Crippen molar-refractivity contribution in [3.8, 4) is 5.75 Å². The minimum Gasteiger partial charge on any atom is -0.492 e. The summed E-state index contributed by atoms with van der Waals surface area (Å²) >= 11 is 0. The molecule has 0 amide bonds. The number of carbonyl (C=O) groups is 1. The number of fused-ring (bicyclic) bond motifs is 1. The predicted molar refractivity (Wildman–Crippen MR) is 145 cm³/mol. The van der Waals surface area contributed by atoms with Crippen LogP contribution in [0.3, 0.4) is 0 Å². The number of Topliss-reactive ketones (excluding diaryl/α,β-unsaturated/α-hetero) is 1. The van der Waals surface area contributed by atoms with Crippen LogP contribution >= 0.6 is 0 Å². The number of aryl methyl sites for hydroxylation is 1. The average molecular weight is 536 g/mol. The maximum atomic E-state index is 13.4. The normalized spacial score (nSPS) is 14.6. The largest absolute Gasteiger partial charge is 0.492 e. The van der Waals surface area contributed by atoms with E-state index >= 15 is 0 Å². The number of aliphatic hydroxyl groups is 1. The van der Waals surface area contributed by atoms with Crippen LogP contribution in [0.1, 0.15) is 36.1 Å². The van der Waals surface area contributed by atoms with E-state index in [1.807, 2.05) is 13.1 Å². The summed E-state index contributed by atoms with van der Waals surface area (Å²) in [6.07, 6.45) is 6.63. The van der Waals surface area contributed by atoms with E-state index < -0.39 is 0 Å². The van der Waals surface area contributed by atoms with Crippen LogP contribution in [0.15, 0.2) is 42.9 Å². The first-order valence-corrected chi connectivity index (χ1v) is 13.3. The molecule has 0 aliphatic carbocycles. The van der Waals surface area contributed by atoms with Crippen LogP contribution in [-0.4, -0.2) is 73.4 Å². The third-order valence-electron chi connectivity index (χ3n) is 7.17. The Bertz CT molecular complexity index is 1410. The first-order valence-electron chi connectivity index (χ1n) is 13.3. The van der Waals surface area contributed by atoms with E-state index in [9.17, 15) is 14.3 Å². The van der Waals surface area contributed by atoms with Gasteiger partial charge in [-0.1, -0.05) is 12.1 Å². The van der Waals surface area contributed by atoms with E-state index in [-0.39, 0.29) is 31.0 Å². The maximum Gasteiger partial charge on any atom is 0.159 e. The topological polar surface area (TPSA) is 121 Å². The Morgan fingerprint density at radius 2 is 2.10 bits per heavy atom. The van der Waals surface area contributed by atoms with Crippen molar-refractivity contribution in [1.82, 2.24) is 29.7 Å². The number of benzene rings is 1. The van der Waals surface area contributed by atoms with Crippen LogP contribution in [0.5, 0.6) is 5.75 Å². The molecule has 5 rings (SSSR count). The number of aromatic amines is 1. The molecule has 3 aromatic heterocycles. The second-order valence-electron chi connectivity index (χ2n) is 10.1. The van der Waals surface area contributed by atoms with Gasteiger partial charge in [-0.2, -0.15) is 10.2 Å². The lowest BCUT2D eigenvalue weighted by molar-refractivity contribution is -0.117. The van der Waals surface area contributed by atoms with Crippen LogP contribution in [0.4, 0.5) is 16.0 Å². The minimum atomic E-state index is -0.355. The number of anilines is 2. The number of ether oxygens (including phenoxy) is 1. The van der Waals surface area contributed by atoms with Crippen molar-refractivity contribution in [3.63, 3.8) is 0 Å². The number of H-pyrrole nitrogens is 1. The summed E-state index contributed by atoms with van der Waals surface area (Å²) in [4.78, 5) is 19.3. The standard InChI is InChI=1S/C28H34FN7O3/c1-19-25(39-11-3-8-35-9-6-20(17-37)7-10-35)16-36-27(19)28(30-18-31-36)32-26-15-23(33-34-26)14-24(38)13-21-4-2-5-22(29)12-21/h2,4-5,12,15-16,18,20,37H,3,6-11,13-14,17H2,1H3,(H2,30,31,32,33,34). The first kappa shape index (κ1) is 26.8. The van der Waals surface area contributed by atoms with Gasteiger partial charge in [0.25, 0.3) is 0 Å². The first-order chi connectivity index (χ1) is 19.0. The zero-order chi connectivity index (χ0) is 27.2. The van der Waals surface area contributed by atoms with Gasteiger partial charge < -0.3 is 20.1 Å². The highest BCUT2D eigenvalue weighted by atomic mass is 19.1. The van der Waals surface area contributed by atoms with Gasteiger partial charge in [0.05, 0.1) is 24.9 Å². The smallest absolute Gasteiger partial charge is 0.159 e. The third kappa shape index (κ3) is 6.79. The highest BCUT2D eigenvalue weighted by molar-refractivity contribution is 5.83. The van der Waals surface area contributed by atoms with E-state index in [1.54, 1.807) is 22.7 Å². The molecule has 0 atom stereocenters. The molecular formula is C28H34FN7O3. The Hall–Kier alpha value is -3.83. The molecule has 10 nitrogen and oxygen atoms in total. The number of likely N-dealkylation sites (tertiary alicyclic amines) is 1. The van der Waals surface area contributed by atoms with E-state index in [0.29, 0.717) is 35.4 Å². The van der Waals surface area contributed by atoms with Gasteiger partial charge >= 0.3 is 0 Å². The second-order valence-corrected chi connectivity index (χ2v) is 10.1. The van der Waals surface area contributed by atoms with Crippen LogP contribution in [0, 0.1) is 18.7 Å². The summed E-state index contributed by atoms with van der Waals surface area (Å²) in [5, 5.41) is 24.0. The monoisotopic (exact) mass is 535 g/mol. The van der Waals surface area contributed by atoms with Gasteiger partial charge in [-0.05, 0) is 62.9 Å². The molecule has 206 valence electrons. The van der Waals surface area contributed by atoms with Gasteiger partial charge in [-0.25, -0.2) is 13.9 Å². The zero-order valence-corrected chi connectivity index (χ0v) is 22.1. The second kappa shape index (κ2) is 12.4. The molecule has 3 N–H and O–H groups in total. The van der Waals surface area contributed by atoms with E-state index in [0.717, 1.165) is 55.7 Å². The molecule has 0 saturated carbocycles. The van der Waals surface area contributed by atoms with Crippen LogP contribution < -0.4 is 10.1 Å². The minimum absolute atomic E-state index is 0.0538. The fourth-order valence-electron chi connectivity index (χ4n) is 5.02. The van der Waals surface area contributed by atoms with Crippen molar-refractivity contribution >= 4 is 22.9 Å². The number of nitrogens with one attached hydrogen (secondary N) is 2. The number of rotatable bonds is 12. The number of halogens is 1. The van der Waals surface area contributed by atoms with E-state index in [2.05, 4.69) is 30.5 Å². The Kier molecular flexibility index (Phi) is 8.48. The SMILES string of the molecule is Cc1c(OCCCN2CCC(CO)CC2)cn2ncnc(Nc3cc(CC(=O)Cc4cccc(F)c4)n[nH]3)c12. The molecule has 0 bridgehead atoms. The number of piperidine rings is 1. The van der Waals surface area contributed by atoms with Gasteiger partial charge in [0.2, 0.25) is 0 Å². The van der Waals surface area contributed by atoms with Crippen LogP contribution in [-0.2, 0) is 17.6 Å². The van der Waals surface area contributed by atoms with Crippen molar-refractivity contribution in [2.45, 2.75) is 39.0 Å². The van der Waals surface area contributed by atoms with Gasteiger partial charge in [0.15, 0.2) is 5.82 Å². The molecular weight excluding hydrogens is 501 g/mol. The Morgan fingerprint density at radius 3 is 2.90 bits per heavy atom. The molecule has 1 aromatic carbocycles. The van der Waals surface area contributed by atoms with Gasteiger partial charge in [0.1, 0.15) is 35.0 Å². The zero-order valence-electron chi connectivity index (χ0n) is 22.1. The molecule has 0 radical (unpaired) electrons. The summed E-state index contributed by atoms with van der Waals surface area (Å²) < 4.78 is 21.2. The van der Waals surface area contributed by atoms with Gasteiger partial charge in [-0.15, -0.1) is 0 Å². The Labute approximate surface area is 226 Å². The summed E-state index contributed by atoms with van der Waals surface area (Å²) in [7, 11) is 0. The number of aromatic nitrogens is 5. The summed E-state index contributed by atoms with van der Waals surface area (Å²) in [5.41, 5.74) is 2.94. The molecule has 1 aliphatic heterocycles. The maximum absolute atomic E-state index is 13.4. The molecule has 4 aromatic rings. The Balaban J connectivity index is 1.17. The third-order valence-corrected chi connectivity index (χ3v) is 7.17. The fraction of sp³-hybridized carbons (Fsp3) is 0.429. The number of ketones is 1. The molecule has 1 saturated heterocycles. The van der Waals surface area contributed by atoms with Crippen molar-refractivity contribution in [1.29, 1.82) is 0 Å². The molecule has 39 heavy (non-hydrogen) atoms. The van der Waals surface area contributed by atoms with E-state index in [1.165, 1.54) is 18.5 Å². The lowest BCUT2D eigenvalue weighted by Crippen LogP contribution is -2.35. The van der Waals surface area contributed by atoms with Crippen LogP contribution in [0.2, 0.25) is 0 Å². The van der Waals surface area contributed by atoms with Crippen molar-refractivity contribution in [2.75, 3.05) is 38.2 Å². The molecule has 4 heterocycles. The summed E-state index contributed by atoms with van der Waals surface area (Å²) in [6, 6.07) is 7.83. The van der Waals surface area contributed by atoms with Gasteiger partial charge in [-0.3, -0.25) is 9.89 Å². The number of nitrogens with zero attached hydrogens (tertiary/aromatic N) is 5. The highest BCUT2D eigenvalue weighted by Crippen LogP contribution is 2.29. The predicted octanol–water partition coefficient (Wildman–Crippen LogP) is 3.47. The molecule has 1 fully saturated rings. The number of hydrogen-bond donors (Lipinski definition) is 3. The number of aliphatic hydroxyl groups excluding tert-OH is 1. The Morgan fingerprint density at radius 1 is 1.26 bits per heavy atom.